The van der Waals surface area contributed by atoms with Crippen LogP contribution in [-0.2, 0) is 0 Å². The highest BCUT2D eigenvalue weighted by molar-refractivity contribution is 5.94. The van der Waals surface area contributed by atoms with Gasteiger partial charge in [-0.2, -0.15) is 5.10 Å². The molecule has 0 atom stereocenters. The van der Waals surface area contributed by atoms with Gasteiger partial charge in [0.05, 0.1) is 5.60 Å². The Bertz CT molecular complexity index is 758. The summed E-state index contributed by atoms with van der Waals surface area (Å²) in [4.78, 5) is 18.8. The largest absolute Gasteiger partial charge is 0.388 e. The van der Waals surface area contributed by atoms with Crippen molar-refractivity contribution < 1.29 is 9.90 Å². The number of nitrogens with zero attached hydrogens (tertiary/aromatic N) is 3. The van der Waals surface area contributed by atoms with Crippen LogP contribution in [-0.4, -0.2) is 50.3 Å². The van der Waals surface area contributed by atoms with Crippen LogP contribution in [0.15, 0.2) is 24.3 Å². The second-order valence-electron chi connectivity index (χ2n) is 7.49. The molecule has 1 heterocycles. The molecule has 2 aliphatic carbocycles. The molecule has 1 amide bonds. The minimum Gasteiger partial charge on any atom is -0.388 e. The number of carbonyl (C=O) groups is 1. The van der Waals surface area contributed by atoms with E-state index in [2.05, 4.69) is 15.2 Å². The molecule has 0 saturated heterocycles. The third-order valence-electron chi connectivity index (χ3n) is 5.27. The molecule has 2 fully saturated rings. The zero-order valence-electron chi connectivity index (χ0n) is 14.5. The fourth-order valence-corrected chi connectivity index (χ4v) is 3.63. The van der Waals surface area contributed by atoms with Crippen molar-refractivity contribution in [1.82, 2.24) is 20.1 Å². The summed E-state index contributed by atoms with van der Waals surface area (Å²) in [5.41, 5.74) is 0.797. The second kappa shape index (κ2) is 6.26. The van der Waals surface area contributed by atoms with Gasteiger partial charge in [-0.3, -0.25) is 9.89 Å². The molecule has 6 nitrogen and oxygen atoms in total. The summed E-state index contributed by atoms with van der Waals surface area (Å²) in [6, 6.07) is 7.37. The van der Waals surface area contributed by atoms with E-state index >= 15 is 0 Å². The molecule has 6 heteroatoms. The number of H-pyrrole nitrogens is 1. The molecule has 4 rings (SSSR count). The van der Waals surface area contributed by atoms with Crippen molar-refractivity contribution in [3.63, 3.8) is 0 Å². The van der Waals surface area contributed by atoms with Gasteiger partial charge in [-0.05, 0) is 37.8 Å². The lowest BCUT2D eigenvalue weighted by atomic mass is 10.0. The lowest BCUT2D eigenvalue weighted by Crippen LogP contribution is -2.42. The third-order valence-corrected chi connectivity index (χ3v) is 5.27. The summed E-state index contributed by atoms with van der Waals surface area (Å²) in [6.45, 7) is 0.388. The van der Waals surface area contributed by atoms with Gasteiger partial charge in [-0.1, -0.05) is 25.0 Å². The number of carbonyl (C=O) groups excluding carboxylic acids is 1. The minimum atomic E-state index is -0.720. The fourth-order valence-electron chi connectivity index (χ4n) is 3.63. The number of aliphatic hydroxyl groups is 1. The SMILES string of the molecule is CN(CC1(O)CCCC1)C(=O)c1ccc(-c2n[nH]c(C3CC3)n2)cc1. The van der Waals surface area contributed by atoms with Crippen LogP contribution >= 0.6 is 0 Å². The molecule has 1 aromatic carbocycles. The van der Waals surface area contributed by atoms with Crippen molar-refractivity contribution in [2.75, 3.05) is 13.6 Å². The lowest BCUT2D eigenvalue weighted by molar-refractivity contribution is 0.0157. The molecule has 2 aromatic rings. The highest BCUT2D eigenvalue weighted by Crippen LogP contribution is 2.38. The summed E-state index contributed by atoms with van der Waals surface area (Å²) < 4.78 is 0. The van der Waals surface area contributed by atoms with E-state index in [4.69, 9.17) is 0 Å². The molecule has 1 aromatic heterocycles. The van der Waals surface area contributed by atoms with Gasteiger partial charge in [0.25, 0.3) is 5.91 Å². The van der Waals surface area contributed by atoms with Crippen LogP contribution in [0.5, 0.6) is 0 Å². The van der Waals surface area contributed by atoms with E-state index in [1.54, 1.807) is 24.1 Å². The first kappa shape index (κ1) is 16.3. The van der Waals surface area contributed by atoms with Crippen LogP contribution in [0.1, 0.15) is 60.6 Å². The summed E-state index contributed by atoms with van der Waals surface area (Å²) in [5.74, 6) is 2.10. The Labute approximate surface area is 147 Å². The first-order chi connectivity index (χ1) is 12.0. The summed E-state index contributed by atoms with van der Waals surface area (Å²) in [7, 11) is 1.75. The Morgan fingerprint density at radius 2 is 1.96 bits per heavy atom. The lowest BCUT2D eigenvalue weighted by Gasteiger charge is -2.28. The maximum Gasteiger partial charge on any atom is 0.253 e. The normalized spacial score (nSPS) is 19.1. The molecule has 2 aliphatic rings. The number of likely N-dealkylation sites (N-methyl/N-ethyl adjacent to an activating group) is 1. The van der Waals surface area contributed by atoms with Gasteiger partial charge in [-0.15, -0.1) is 0 Å². The maximum atomic E-state index is 12.6. The van der Waals surface area contributed by atoms with Crippen molar-refractivity contribution in [1.29, 1.82) is 0 Å². The number of aromatic amines is 1. The van der Waals surface area contributed by atoms with Crippen LogP contribution in [0.25, 0.3) is 11.4 Å². The fraction of sp³-hybridized carbons (Fsp3) is 0.526. The van der Waals surface area contributed by atoms with Gasteiger partial charge in [0.1, 0.15) is 5.82 Å². The van der Waals surface area contributed by atoms with E-state index < -0.39 is 5.60 Å². The van der Waals surface area contributed by atoms with Crippen LogP contribution in [0.3, 0.4) is 0 Å². The molecule has 25 heavy (non-hydrogen) atoms. The summed E-state index contributed by atoms with van der Waals surface area (Å²) >= 11 is 0. The number of hydrogen-bond acceptors (Lipinski definition) is 4. The summed E-state index contributed by atoms with van der Waals surface area (Å²) in [5, 5.41) is 17.8. The number of amides is 1. The van der Waals surface area contributed by atoms with E-state index in [-0.39, 0.29) is 5.91 Å². The molecular formula is C19H24N4O2. The predicted molar refractivity (Wildman–Crippen MR) is 94.2 cm³/mol. The molecule has 132 valence electrons. The van der Waals surface area contributed by atoms with E-state index in [9.17, 15) is 9.90 Å². The summed E-state index contributed by atoms with van der Waals surface area (Å²) in [6.07, 6.45) is 5.98. The van der Waals surface area contributed by atoms with Crippen molar-refractivity contribution in [3.8, 4) is 11.4 Å². The van der Waals surface area contributed by atoms with Crippen LogP contribution in [0.4, 0.5) is 0 Å². The number of nitrogens with one attached hydrogen (secondary N) is 1. The van der Waals surface area contributed by atoms with Crippen molar-refractivity contribution in [2.45, 2.75) is 50.0 Å². The number of rotatable bonds is 5. The van der Waals surface area contributed by atoms with Gasteiger partial charge in [-0.25, -0.2) is 4.98 Å². The van der Waals surface area contributed by atoms with Crippen molar-refractivity contribution >= 4 is 5.91 Å². The van der Waals surface area contributed by atoms with Crippen molar-refractivity contribution in [2.24, 2.45) is 0 Å². The second-order valence-corrected chi connectivity index (χ2v) is 7.49. The first-order valence-corrected chi connectivity index (χ1v) is 9.05. The topological polar surface area (TPSA) is 82.1 Å². The monoisotopic (exact) mass is 340 g/mol. The smallest absolute Gasteiger partial charge is 0.253 e. The van der Waals surface area contributed by atoms with Gasteiger partial charge < -0.3 is 10.0 Å². The highest BCUT2D eigenvalue weighted by Gasteiger charge is 2.33. The zero-order valence-corrected chi connectivity index (χ0v) is 14.5. The standard InChI is InChI=1S/C19H24N4O2/c1-23(12-19(25)10-2-3-11-19)18(24)15-8-6-14(7-9-15)17-20-16(21-22-17)13-4-5-13/h6-9,13,25H,2-5,10-12H2,1H3,(H,20,21,22). The Kier molecular flexibility index (Phi) is 4.07. The first-order valence-electron chi connectivity index (χ1n) is 9.05. The zero-order chi connectivity index (χ0) is 17.4. The molecule has 0 bridgehead atoms. The van der Waals surface area contributed by atoms with Gasteiger partial charge in [0.15, 0.2) is 5.82 Å². The quantitative estimate of drug-likeness (QED) is 0.877. The molecule has 0 spiro atoms. The van der Waals surface area contributed by atoms with E-state index in [1.165, 1.54) is 12.8 Å². The van der Waals surface area contributed by atoms with E-state index in [0.717, 1.165) is 37.1 Å². The average Bonchev–Trinajstić information content (AvgIpc) is 3.19. The average molecular weight is 340 g/mol. The number of hydrogen-bond donors (Lipinski definition) is 2. The van der Waals surface area contributed by atoms with E-state index in [1.807, 2.05) is 12.1 Å². The molecule has 0 aliphatic heterocycles. The van der Waals surface area contributed by atoms with Gasteiger partial charge >= 0.3 is 0 Å². The van der Waals surface area contributed by atoms with Gasteiger partial charge in [0.2, 0.25) is 0 Å². The molecule has 0 radical (unpaired) electrons. The molecule has 0 unspecified atom stereocenters. The minimum absolute atomic E-state index is 0.0690. The van der Waals surface area contributed by atoms with Crippen LogP contribution < -0.4 is 0 Å². The molecule has 2 saturated carbocycles. The van der Waals surface area contributed by atoms with E-state index in [0.29, 0.717) is 23.9 Å². The maximum absolute atomic E-state index is 12.6. The van der Waals surface area contributed by atoms with Gasteiger partial charge in [0, 0.05) is 30.6 Å². The molecule has 2 N–H and O–H groups in total. The number of aromatic nitrogens is 3. The van der Waals surface area contributed by atoms with Crippen molar-refractivity contribution in [3.05, 3.63) is 35.7 Å². The van der Waals surface area contributed by atoms with Crippen LogP contribution in [0.2, 0.25) is 0 Å². The van der Waals surface area contributed by atoms with Crippen LogP contribution in [0, 0.1) is 0 Å². The number of benzene rings is 1. The third kappa shape index (κ3) is 3.44. The molecular weight excluding hydrogens is 316 g/mol. The highest BCUT2D eigenvalue weighted by atomic mass is 16.3. The Morgan fingerprint density at radius 1 is 1.28 bits per heavy atom. The Hall–Kier alpha value is -2.21. The predicted octanol–water partition coefficient (Wildman–Crippen LogP) is 2.73. The Morgan fingerprint density at radius 3 is 2.60 bits per heavy atom. The Balaban J connectivity index is 1.44.